The molecule has 1 unspecified atom stereocenters. The molecule has 190 valence electrons. The molecule has 0 rings (SSSR count). The molecular formula is C22H41NaO9S. The second-order valence-corrected chi connectivity index (χ2v) is 9.18. The summed E-state index contributed by atoms with van der Waals surface area (Å²) >= 11 is 0. The molecule has 0 spiro atoms. The zero-order valence-corrected chi connectivity index (χ0v) is 23.6. The van der Waals surface area contributed by atoms with E-state index in [9.17, 15) is 22.6 Å². The molecular weight excluding hydrogens is 463 g/mol. The Balaban J connectivity index is -0.00000165. The van der Waals surface area contributed by atoms with Crippen molar-refractivity contribution in [3.05, 3.63) is 0 Å². The fourth-order valence-corrected chi connectivity index (χ4v) is 3.37. The van der Waals surface area contributed by atoms with Gasteiger partial charge in [0.25, 0.3) is 5.97 Å². The van der Waals surface area contributed by atoms with Crippen LogP contribution >= 0.6 is 0 Å². The number of carbonyl (C=O) groups excluding carboxylic acids is 2. The van der Waals surface area contributed by atoms with E-state index in [0.29, 0.717) is 12.8 Å². The molecule has 11 heteroatoms. The van der Waals surface area contributed by atoms with Crippen molar-refractivity contribution in [2.75, 3.05) is 13.2 Å². The van der Waals surface area contributed by atoms with Gasteiger partial charge in [0.05, 0.1) is 19.6 Å². The Kier molecular flexibility index (Phi) is 27.3. The summed E-state index contributed by atoms with van der Waals surface area (Å²) in [5, 5.41) is 5.38. The van der Waals surface area contributed by atoms with E-state index in [1.54, 1.807) is 0 Å². The number of carbonyl (C=O) groups is 3. The molecule has 33 heavy (non-hydrogen) atoms. The fraction of sp³-hybridized carbons (Fsp3) is 0.864. The first-order valence-electron chi connectivity index (χ1n) is 11.5. The van der Waals surface area contributed by atoms with E-state index in [1.165, 1.54) is 6.42 Å². The van der Waals surface area contributed by atoms with Crippen molar-refractivity contribution < 1.29 is 71.5 Å². The van der Waals surface area contributed by atoms with Crippen molar-refractivity contribution in [3.63, 3.8) is 0 Å². The minimum absolute atomic E-state index is 0. The third kappa shape index (κ3) is 27.4. The fourth-order valence-electron chi connectivity index (χ4n) is 2.73. The summed E-state index contributed by atoms with van der Waals surface area (Å²) in [7, 11) is -4.98. The third-order valence-electron chi connectivity index (χ3n) is 4.47. The summed E-state index contributed by atoms with van der Waals surface area (Å²) in [6.45, 7) is 5.53. The zero-order valence-electron chi connectivity index (χ0n) is 20.8. The topological polar surface area (TPSA) is 147 Å². The number of esters is 2. The average Bonchev–Trinajstić information content (AvgIpc) is 2.69. The standard InChI is InChI=1S/C20H38O7S.C2H4O2.Na/c1-3-5-7-9-11-13-15-26-19(21)17-18(28(23,24)25)20(22)27-16-14-12-10-8-6-4-2;1-2(3)4;/h18H,3-17H2,1-2H3,(H,23,24,25);1H3,(H,3,4);/q;;+1/p-1. The van der Waals surface area contributed by atoms with Crippen LogP contribution in [0.3, 0.4) is 0 Å². The number of unbranched alkanes of at least 4 members (excludes halogenated alkanes) is 10. The molecule has 0 aromatic heterocycles. The van der Waals surface area contributed by atoms with Crippen LogP contribution in [0.1, 0.15) is 104 Å². The minimum atomic E-state index is -4.98. The molecule has 0 saturated heterocycles. The Hall–Kier alpha value is -0.680. The molecule has 1 N–H and O–H groups in total. The molecule has 0 bridgehead atoms. The van der Waals surface area contributed by atoms with Gasteiger partial charge >= 0.3 is 41.5 Å². The first-order valence-corrected chi connectivity index (χ1v) is 13.0. The van der Waals surface area contributed by atoms with Crippen LogP contribution in [0.25, 0.3) is 0 Å². The molecule has 0 aromatic rings. The Morgan fingerprint density at radius 2 is 1.15 bits per heavy atom. The van der Waals surface area contributed by atoms with Crippen LogP contribution in [0, 0.1) is 0 Å². The Labute approximate surface area is 221 Å². The largest absolute Gasteiger partial charge is 1.00 e. The van der Waals surface area contributed by atoms with Crippen LogP contribution in [0.15, 0.2) is 0 Å². The maximum absolute atomic E-state index is 11.9. The van der Waals surface area contributed by atoms with E-state index in [2.05, 4.69) is 13.8 Å². The van der Waals surface area contributed by atoms with Crippen LogP contribution in [-0.4, -0.2) is 54.4 Å². The number of hydrogen-bond donors (Lipinski definition) is 1. The van der Waals surface area contributed by atoms with Gasteiger partial charge in [-0.15, -0.1) is 0 Å². The van der Waals surface area contributed by atoms with Crippen LogP contribution in [0.5, 0.6) is 0 Å². The Morgan fingerprint density at radius 3 is 1.55 bits per heavy atom. The van der Waals surface area contributed by atoms with E-state index in [1.807, 2.05) is 0 Å². The molecule has 0 aliphatic heterocycles. The van der Waals surface area contributed by atoms with Gasteiger partial charge in [0.15, 0.2) is 5.25 Å². The van der Waals surface area contributed by atoms with Gasteiger partial charge in [-0.25, -0.2) is 8.42 Å². The van der Waals surface area contributed by atoms with E-state index < -0.39 is 39.7 Å². The van der Waals surface area contributed by atoms with E-state index >= 15 is 0 Å². The van der Waals surface area contributed by atoms with Crippen LogP contribution in [-0.2, 0) is 34.0 Å². The van der Waals surface area contributed by atoms with Crippen LogP contribution in [0.2, 0.25) is 0 Å². The molecule has 0 aromatic carbocycles. The normalized spacial score (nSPS) is 11.4. The summed E-state index contributed by atoms with van der Waals surface area (Å²) < 4.78 is 43.8. The number of aliphatic carboxylic acids is 1. The van der Waals surface area contributed by atoms with Gasteiger partial charge in [-0.3, -0.25) is 14.4 Å². The molecule has 0 aliphatic carbocycles. The van der Waals surface area contributed by atoms with Crippen molar-refractivity contribution >= 4 is 28.0 Å². The molecule has 0 heterocycles. The number of carboxylic acids is 1. The van der Waals surface area contributed by atoms with Crippen molar-refractivity contribution in [3.8, 4) is 0 Å². The second kappa shape index (κ2) is 24.4. The molecule has 9 nitrogen and oxygen atoms in total. The van der Waals surface area contributed by atoms with Gasteiger partial charge in [-0.05, 0) is 12.8 Å². The average molecular weight is 505 g/mol. The Bertz CT molecular complexity index is 605. The summed E-state index contributed by atoms with van der Waals surface area (Å²) in [6, 6.07) is 0. The molecule has 0 amide bonds. The summed E-state index contributed by atoms with van der Waals surface area (Å²) in [5.41, 5.74) is 0. The van der Waals surface area contributed by atoms with Crippen LogP contribution in [0.4, 0.5) is 0 Å². The summed E-state index contributed by atoms with van der Waals surface area (Å²) in [6.07, 6.45) is 11.2. The van der Waals surface area contributed by atoms with E-state index in [0.717, 1.165) is 64.7 Å². The first kappa shape index (κ1) is 36.9. The molecule has 0 radical (unpaired) electrons. The van der Waals surface area contributed by atoms with Crippen molar-refractivity contribution in [2.45, 2.75) is 109 Å². The predicted octanol–water partition coefficient (Wildman–Crippen LogP) is 1.19. The van der Waals surface area contributed by atoms with Gasteiger partial charge in [0, 0.05) is 6.92 Å². The molecule has 0 saturated carbocycles. The molecule has 0 aliphatic rings. The minimum Gasteiger partial charge on any atom is -0.747 e. The molecule has 1 atom stereocenters. The van der Waals surface area contributed by atoms with Gasteiger partial charge in [0.2, 0.25) is 0 Å². The SMILES string of the molecule is CC(=O)O.CCCCCCCCOC(=O)CC(C(=O)OCCCCCCCC)S(=O)(=O)[O-].[Na+]. The number of carboxylic acid groups (broad SMARTS) is 1. The van der Waals surface area contributed by atoms with E-state index in [4.69, 9.17) is 19.4 Å². The second-order valence-electron chi connectivity index (χ2n) is 7.63. The summed E-state index contributed by atoms with van der Waals surface area (Å²) in [5.74, 6) is -2.87. The number of ether oxygens (including phenoxy) is 2. The molecule has 0 fully saturated rings. The third-order valence-corrected chi connectivity index (χ3v) is 5.52. The van der Waals surface area contributed by atoms with Crippen molar-refractivity contribution in [1.82, 2.24) is 0 Å². The van der Waals surface area contributed by atoms with Gasteiger partial charge in [0.1, 0.15) is 10.1 Å². The van der Waals surface area contributed by atoms with Crippen molar-refractivity contribution in [1.29, 1.82) is 0 Å². The number of hydrogen-bond acceptors (Lipinski definition) is 8. The monoisotopic (exact) mass is 504 g/mol. The Morgan fingerprint density at radius 1 is 0.788 bits per heavy atom. The maximum Gasteiger partial charge on any atom is 1.00 e. The smallest absolute Gasteiger partial charge is 0.747 e. The zero-order chi connectivity index (χ0) is 24.8. The predicted molar refractivity (Wildman–Crippen MR) is 120 cm³/mol. The van der Waals surface area contributed by atoms with Gasteiger partial charge < -0.3 is 19.1 Å². The van der Waals surface area contributed by atoms with Gasteiger partial charge in [-0.1, -0.05) is 78.1 Å². The van der Waals surface area contributed by atoms with Gasteiger partial charge in [-0.2, -0.15) is 0 Å². The van der Waals surface area contributed by atoms with E-state index in [-0.39, 0.29) is 42.8 Å². The summed E-state index contributed by atoms with van der Waals surface area (Å²) in [4.78, 5) is 32.7. The maximum atomic E-state index is 11.9. The van der Waals surface area contributed by atoms with Crippen molar-refractivity contribution in [2.24, 2.45) is 0 Å². The first-order chi connectivity index (χ1) is 15.1. The quantitative estimate of drug-likeness (QED) is 0.126. The number of rotatable bonds is 18. The van der Waals surface area contributed by atoms with Crippen LogP contribution < -0.4 is 29.6 Å².